The van der Waals surface area contributed by atoms with Crippen LogP contribution in [0.4, 0.5) is 0 Å². The van der Waals surface area contributed by atoms with Crippen LogP contribution in [0, 0.1) is 0 Å². The van der Waals surface area contributed by atoms with Gasteiger partial charge in [-0.1, -0.05) is 19.3 Å². The fourth-order valence-corrected chi connectivity index (χ4v) is 2.54. The minimum Gasteiger partial charge on any atom is -0.481 e. The van der Waals surface area contributed by atoms with Crippen LogP contribution in [0.1, 0.15) is 45.4 Å². The highest BCUT2D eigenvalue weighted by Gasteiger charge is 2.38. The third-order valence-electron chi connectivity index (χ3n) is 3.51. The Labute approximate surface area is 117 Å². The van der Waals surface area contributed by atoms with Crippen LogP contribution >= 0.6 is 0 Å². The molecule has 0 radical (unpaired) electrons. The molecule has 4 N–H and O–H groups in total. The van der Waals surface area contributed by atoms with Crippen LogP contribution in [0.5, 0.6) is 0 Å². The Morgan fingerprint density at radius 1 is 1.30 bits per heavy atom. The van der Waals surface area contributed by atoms with Crippen molar-refractivity contribution in [3.63, 3.8) is 0 Å². The van der Waals surface area contributed by atoms with Gasteiger partial charge in [0.15, 0.2) is 6.04 Å². The first-order valence-corrected chi connectivity index (χ1v) is 6.86. The number of nitrogens with one attached hydrogen (secondary N) is 1. The normalized spacial score (nSPS) is 18.9. The van der Waals surface area contributed by atoms with Gasteiger partial charge in [0.05, 0.1) is 18.6 Å². The summed E-state index contributed by atoms with van der Waals surface area (Å²) in [5.74, 6) is -2.45. The van der Waals surface area contributed by atoms with Gasteiger partial charge in [-0.15, -0.1) is 0 Å². The first-order valence-electron chi connectivity index (χ1n) is 6.86. The lowest BCUT2D eigenvalue weighted by atomic mass is 9.79. The lowest BCUT2D eigenvalue weighted by Gasteiger charge is -2.37. The fraction of sp³-hybridized carbons (Fsp3) is 0.769. The van der Waals surface area contributed by atoms with E-state index in [1.165, 1.54) is 0 Å². The molecule has 1 atom stereocenters. The summed E-state index contributed by atoms with van der Waals surface area (Å²) in [4.78, 5) is 34.4. The molecular formula is C13H22N2O5. The minimum atomic E-state index is -1.41. The number of carbonyl (C=O) groups is 3. The molecule has 1 aliphatic carbocycles. The highest BCUT2D eigenvalue weighted by molar-refractivity contribution is 6.02. The van der Waals surface area contributed by atoms with Crippen LogP contribution in [0.25, 0.3) is 0 Å². The lowest BCUT2D eigenvalue weighted by molar-refractivity contribution is -0.148. The Morgan fingerprint density at radius 3 is 2.40 bits per heavy atom. The molecule has 0 spiro atoms. The molecule has 1 rings (SSSR count). The number of ether oxygens (including phenoxy) is 1. The van der Waals surface area contributed by atoms with Crippen molar-refractivity contribution < 1.29 is 24.2 Å². The maximum absolute atomic E-state index is 12.0. The predicted octanol–water partition coefficient (Wildman–Crippen LogP) is 0.171. The first-order chi connectivity index (χ1) is 9.40. The van der Waals surface area contributed by atoms with Gasteiger partial charge >= 0.3 is 11.9 Å². The SMILES string of the molecule is CCOC(=O)C(N)C(=O)NC1(CC(=O)O)CCCCC1. The maximum Gasteiger partial charge on any atom is 0.332 e. The number of hydrogen-bond donors (Lipinski definition) is 3. The third-order valence-corrected chi connectivity index (χ3v) is 3.51. The lowest BCUT2D eigenvalue weighted by Crippen LogP contribution is -2.57. The molecule has 1 saturated carbocycles. The summed E-state index contributed by atoms with van der Waals surface area (Å²) in [5, 5.41) is 11.7. The van der Waals surface area contributed by atoms with Crippen LogP contribution < -0.4 is 11.1 Å². The van der Waals surface area contributed by atoms with Crippen molar-refractivity contribution in [2.24, 2.45) is 5.73 Å². The Hall–Kier alpha value is -1.63. The standard InChI is InChI=1S/C13H22N2O5/c1-2-20-12(19)10(14)11(18)15-13(8-9(16)17)6-4-3-5-7-13/h10H,2-8,14H2,1H3,(H,15,18)(H,16,17). The van der Waals surface area contributed by atoms with E-state index in [9.17, 15) is 14.4 Å². The largest absolute Gasteiger partial charge is 0.481 e. The highest BCUT2D eigenvalue weighted by Crippen LogP contribution is 2.31. The molecule has 0 saturated heterocycles. The van der Waals surface area contributed by atoms with Gasteiger partial charge in [0.1, 0.15) is 0 Å². The molecule has 0 aromatic carbocycles. The monoisotopic (exact) mass is 286 g/mol. The van der Waals surface area contributed by atoms with Crippen LogP contribution in [-0.2, 0) is 19.1 Å². The van der Waals surface area contributed by atoms with Crippen molar-refractivity contribution >= 4 is 17.8 Å². The van der Waals surface area contributed by atoms with E-state index in [0.29, 0.717) is 12.8 Å². The van der Waals surface area contributed by atoms with Gasteiger partial charge in [0.25, 0.3) is 0 Å². The maximum atomic E-state index is 12.0. The summed E-state index contributed by atoms with van der Waals surface area (Å²) in [6, 6.07) is -1.41. The van der Waals surface area contributed by atoms with Gasteiger partial charge < -0.3 is 20.9 Å². The quantitative estimate of drug-likeness (QED) is 0.473. The van der Waals surface area contributed by atoms with E-state index in [2.05, 4.69) is 10.1 Å². The Kier molecular flexibility index (Phi) is 5.94. The number of amides is 1. The molecule has 0 heterocycles. The van der Waals surface area contributed by atoms with Crippen molar-refractivity contribution in [2.75, 3.05) is 6.61 Å². The smallest absolute Gasteiger partial charge is 0.332 e. The molecule has 0 aliphatic heterocycles. The molecule has 20 heavy (non-hydrogen) atoms. The molecule has 0 aromatic heterocycles. The van der Waals surface area contributed by atoms with Gasteiger partial charge in [-0.2, -0.15) is 0 Å². The molecule has 1 aliphatic rings. The molecule has 7 heteroatoms. The molecule has 1 amide bonds. The topological polar surface area (TPSA) is 119 Å². The molecule has 0 bridgehead atoms. The molecular weight excluding hydrogens is 264 g/mol. The number of carbonyl (C=O) groups excluding carboxylic acids is 2. The highest BCUT2D eigenvalue weighted by atomic mass is 16.5. The summed E-state index contributed by atoms with van der Waals surface area (Å²) in [6.45, 7) is 1.76. The van der Waals surface area contributed by atoms with E-state index < -0.39 is 29.4 Å². The number of hydrogen-bond acceptors (Lipinski definition) is 5. The average Bonchev–Trinajstić information content (AvgIpc) is 2.37. The van der Waals surface area contributed by atoms with E-state index in [4.69, 9.17) is 10.8 Å². The van der Waals surface area contributed by atoms with Crippen LogP contribution in [0.2, 0.25) is 0 Å². The molecule has 1 unspecified atom stereocenters. The summed E-state index contributed by atoms with van der Waals surface area (Å²) >= 11 is 0. The van der Waals surface area contributed by atoms with Crippen molar-refractivity contribution in [2.45, 2.75) is 57.0 Å². The zero-order valence-corrected chi connectivity index (χ0v) is 11.7. The summed E-state index contributed by atoms with van der Waals surface area (Å²) in [5.41, 5.74) is 4.72. The fourth-order valence-electron chi connectivity index (χ4n) is 2.54. The van der Waals surface area contributed by atoms with Crippen LogP contribution in [0.15, 0.2) is 0 Å². The molecule has 114 valence electrons. The van der Waals surface area contributed by atoms with Gasteiger partial charge in [0, 0.05) is 0 Å². The Morgan fingerprint density at radius 2 is 1.90 bits per heavy atom. The number of carboxylic acids is 1. The molecule has 7 nitrogen and oxygen atoms in total. The first kappa shape index (κ1) is 16.4. The minimum absolute atomic E-state index is 0.139. The predicted molar refractivity (Wildman–Crippen MR) is 70.8 cm³/mol. The Bertz CT molecular complexity index is 377. The zero-order valence-electron chi connectivity index (χ0n) is 11.7. The Balaban J connectivity index is 2.71. The number of esters is 1. The van der Waals surface area contributed by atoms with Crippen LogP contribution in [0.3, 0.4) is 0 Å². The van der Waals surface area contributed by atoms with E-state index in [0.717, 1.165) is 19.3 Å². The van der Waals surface area contributed by atoms with Gasteiger partial charge in [0.2, 0.25) is 5.91 Å². The summed E-state index contributed by atoms with van der Waals surface area (Å²) in [6.07, 6.45) is 3.72. The van der Waals surface area contributed by atoms with Crippen LogP contribution in [-0.4, -0.2) is 41.1 Å². The second-order valence-electron chi connectivity index (χ2n) is 5.13. The molecule has 0 aromatic rings. The van der Waals surface area contributed by atoms with Gasteiger partial charge in [-0.05, 0) is 19.8 Å². The van der Waals surface area contributed by atoms with E-state index in [-0.39, 0.29) is 13.0 Å². The van der Waals surface area contributed by atoms with Crippen molar-refractivity contribution in [3.05, 3.63) is 0 Å². The summed E-state index contributed by atoms with van der Waals surface area (Å²) < 4.78 is 4.69. The van der Waals surface area contributed by atoms with Gasteiger partial charge in [-0.25, -0.2) is 4.79 Å². The number of aliphatic carboxylic acids is 1. The van der Waals surface area contributed by atoms with Gasteiger partial charge in [-0.3, -0.25) is 9.59 Å². The van der Waals surface area contributed by atoms with E-state index in [1.54, 1.807) is 6.92 Å². The number of carboxylic acid groups (broad SMARTS) is 1. The average molecular weight is 286 g/mol. The third kappa shape index (κ3) is 4.48. The van der Waals surface area contributed by atoms with Crippen molar-refractivity contribution in [1.82, 2.24) is 5.32 Å². The van der Waals surface area contributed by atoms with E-state index >= 15 is 0 Å². The zero-order chi connectivity index (χ0) is 15.2. The second kappa shape index (κ2) is 7.23. The second-order valence-corrected chi connectivity index (χ2v) is 5.13. The number of rotatable bonds is 6. The van der Waals surface area contributed by atoms with Crippen molar-refractivity contribution in [1.29, 1.82) is 0 Å². The van der Waals surface area contributed by atoms with Crippen molar-refractivity contribution in [3.8, 4) is 0 Å². The number of nitrogens with two attached hydrogens (primary N) is 1. The van der Waals surface area contributed by atoms with E-state index in [1.807, 2.05) is 0 Å². The molecule has 1 fully saturated rings. The summed E-state index contributed by atoms with van der Waals surface area (Å²) in [7, 11) is 0.